The van der Waals surface area contributed by atoms with Crippen LogP contribution in [0.1, 0.15) is 58.1 Å². The van der Waals surface area contributed by atoms with Crippen molar-refractivity contribution in [1.82, 2.24) is 9.55 Å². The van der Waals surface area contributed by atoms with Gasteiger partial charge in [-0.1, -0.05) is 19.9 Å². The van der Waals surface area contributed by atoms with Gasteiger partial charge < -0.3 is 15.6 Å². The number of ketones is 1. The van der Waals surface area contributed by atoms with Gasteiger partial charge in [0.15, 0.2) is 5.78 Å². The molecule has 6 nitrogen and oxygen atoms in total. The Bertz CT molecular complexity index is 1130. The minimum atomic E-state index is -0.493. The van der Waals surface area contributed by atoms with E-state index in [-0.39, 0.29) is 11.2 Å². The first-order valence-corrected chi connectivity index (χ1v) is 10.1. The van der Waals surface area contributed by atoms with E-state index < -0.39 is 5.91 Å². The second kappa shape index (κ2) is 7.44. The molecule has 0 fully saturated rings. The molecule has 154 valence electrons. The molecule has 6 heteroatoms. The van der Waals surface area contributed by atoms with Crippen LogP contribution in [0.4, 0.5) is 5.69 Å². The van der Waals surface area contributed by atoms with E-state index in [9.17, 15) is 9.59 Å². The molecule has 4 rings (SSSR count). The predicted octanol–water partition coefficient (Wildman–Crippen LogP) is 4.05. The molecule has 3 N–H and O–H groups in total. The molecular weight excluding hydrogens is 376 g/mol. The smallest absolute Gasteiger partial charge is 0.250 e. The van der Waals surface area contributed by atoms with Crippen molar-refractivity contribution >= 4 is 17.4 Å². The summed E-state index contributed by atoms with van der Waals surface area (Å²) in [6.07, 6.45) is 3.10. The third-order valence-electron chi connectivity index (χ3n) is 5.59. The van der Waals surface area contributed by atoms with E-state index in [1.165, 1.54) is 0 Å². The molecule has 0 aliphatic heterocycles. The number of carbonyl (C=O) groups is 2. The van der Waals surface area contributed by atoms with Crippen molar-refractivity contribution in [3.63, 3.8) is 0 Å². The lowest BCUT2D eigenvalue weighted by Crippen LogP contribution is -2.27. The van der Waals surface area contributed by atoms with E-state index in [1.54, 1.807) is 12.3 Å². The van der Waals surface area contributed by atoms with Gasteiger partial charge in [0.1, 0.15) is 0 Å². The number of hydrogen-bond acceptors (Lipinski definition) is 4. The van der Waals surface area contributed by atoms with Crippen LogP contribution in [0.2, 0.25) is 0 Å². The zero-order chi connectivity index (χ0) is 21.5. The second-order valence-electron chi connectivity index (χ2n) is 8.69. The highest BCUT2D eigenvalue weighted by Gasteiger charge is 2.34. The molecule has 1 aliphatic rings. The highest BCUT2D eigenvalue weighted by Crippen LogP contribution is 2.38. The Balaban J connectivity index is 1.76. The molecule has 0 saturated carbocycles. The zero-order valence-electron chi connectivity index (χ0n) is 17.5. The Kier molecular flexibility index (Phi) is 4.94. The van der Waals surface area contributed by atoms with E-state index in [4.69, 9.17) is 5.73 Å². The van der Waals surface area contributed by atoms with E-state index in [2.05, 4.69) is 28.7 Å². The predicted molar refractivity (Wildman–Crippen MR) is 117 cm³/mol. The van der Waals surface area contributed by atoms with Gasteiger partial charge in [-0.2, -0.15) is 0 Å². The first kappa shape index (κ1) is 19.9. The molecule has 0 bridgehead atoms. The summed E-state index contributed by atoms with van der Waals surface area (Å²) >= 11 is 0. The van der Waals surface area contributed by atoms with Crippen molar-refractivity contribution in [3.05, 3.63) is 76.9 Å². The fourth-order valence-corrected chi connectivity index (χ4v) is 4.23. The molecule has 0 radical (unpaired) electrons. The first-order valence-electron chi connectivity index (χ1n) is 10.1. The van der Waals surface area contributed by atoms with Gasteiger partial charge in [0, 0.05) is 40.9 Å². The van der Waals surface area contributed by atoms with Crippen LogP contribution in [-0.2, 0) is 13.0 Å². The number of benzene rings is 1. The second-order valence-corrected chi connectivity index (χ2v) is 8.69. The summed E-state index contributed by atoms with van der Waals surface area (Å²) in [5.41, 5.74) is 11.2. The molecular formula is C24H26N4O2. The van der Waals surface area contributed by atoms with Gasteiger partial charge >= 0.3 is 0 Å². The largest absolute Gasteiger partial charge is 0.379 e. The number of pyridine rings is 1. The maximum absolute atomic E-state index is 12.7. The number of Topliss-reactive ketones (excluding diaryl/α,β-unsaturated/α-hetero) is 1. The fraction of sp³-hybridized carbons (Fsp3) is 0.292. The minimum Gasteiger partial charge on any atom is -0.379 e. The lowest BCUT2D eigenvalue weighted by atomic mass is 9.76. The van der Waals surface area contributed by atoms with Gasteiger partial charge in [0.05, 0.1) is 17.8 Å². The van der Waals surface area contributed by atoms with Crippen LogP contribution >= 0.6 is 0 Å². The van der Waals surface area contributed by atoms with Gasteiger partial charge in [0.2, 0.25) is 0 Å². The van der Waals surface area contributed by atoms with E-state index in [1.807, 2.05) is 43.3 Å². The van der Waals surface area contributed by atoms with Crippen LogP contribution in [0, 0.1) is 12.3 Å². The highest BCUT2D eigenvalue weighted by atomic mass is 16.1. The standard InChI is InChI=1S/C24H26N4O2/c1-15-10-19-21(12-24(2,3)13-22(19)29)28(15)17-7-8-18(23(25)30)20(11-17)27-14-16-6-4-5-9-26-16/h4-11,27H,12-14H2,1-3H3,(H2,25,30). The number of rotatable bonds is 5. The van der Waals surface area contributed by atoms with Crippen LogP contribution < -0.4 is 11.1 Å². The van der Waals surface area contributed by atoms with Crippen molar-refractivity contribution in [2.45, 2.75) is 40.2 Å². The number of nitrogens with zero attached hydrogens (tertiary/aromatic N) is 2. The molecule has 2 aromatic heterocycles. The minimum absolute atomic E-state index is 0.0835. The summed E-state index contributed by atoms with van der Waals surface area (Å²) in [5.74, 6) is -0.307. The van der Waals surface area contributed by atoms with E-state index >= 15 is 0 Å². The number of aromatic nitrogens is 2. The zero-order valence-corrected chi connectivity index (χ0v) is 17.5. The number of aryl methyl sites for hydroxylation is 1. The third kappa shape index (κ3) is 3.73. The molecule has 3 aromatic rings. The van der Waals surface area contributed by atoms with Gasteiger partial charge in [0.25, 0.3) is 5.91 Å². The maximum Gasteiger partial charge on any atom is 0.250 e. The molecule has 1 amide bonds. The molecule has 2 heterocycles. The summed E-state index contributed by atoms with van der Waals surface area (Å²) < 4.78 is 2.12. The van der Waals surface area contributed by atoms with Crippen LogP contribution in [0.15, 0.2) is 48.7 Å². The van der Waals surface area contributed by atoms with E-state index in [0.717, 1.165) is 34.8 Å². The molecule has 30 heavy (non-hydrogen) atoms. The van der Waals surface area contributed by atoms with Crippen LogP contribution in [0.5, 0.6) is 0 Å². The normalized spacial score (nSPS) is 15.0. The monoisotopic (exact) mass is 402 g/mol. The number of amides is 1. The van der Waals surface area contributed by atoms with Gasteiger partial charge in [-0.3, -0.25) is 14.6 Å². The summed E-state index contributed by atoms with van der Waals surface area (Å²) in [5, 5.41) is 3.29. The molecule has 0 atom stereocenters. The Morgan fingerprint density at radius 3 is 2.70 bits per heavy atom. The summed E-state index contributed by atoms with van der Waals surface area (Å²) in [6, 6.07) is 13.2. The number of primary amides is 1. The summed E-state index contributed by atoms with van der Waals surface area (Å²) in [7, 11) is 0. The van der Waals surface area contributed by atoms with Crippen molar-refractivity contribution in [3.8, 4) is 5.69 Å². The molecule has 0 unspecified atom stereocenters. The third-order valence-corrected chi connectivity index (χ3v) is 5.59. The molecule has 0 saturated heterocycles. The quantitative estimate of drug-likeness (QED) is 0.674. The number of carbonyl (C=O) groups excluding carboxylic acids is 2. The lowest BCUT2D eigenvalue weighted by Gasteiger charge is -2.30. The van der Waals surface area contributed by atoms with Crippen molar-refractivity contribution in [2.75, 3.05) is 5.32 Å². The summed E-state index contributed by atoms with van der Waals surface area (Å²) in [6.45, 7) is 6.72. The van der Waals surface area contributed by atoms with Crippen LogP contribution in [0.3, 0.4) is 0 Å². The van der Waals surface area contributed by atoms with E-state index in [0.29, 0.717) is 24.2 Å². The lowest BCUT2D eigenvalue weighted by molar-refractivity contribution is 0.0910. The maximum atomic E-state index is 12.7. The Morgan fingerprint density at radius 2 is 2.00 bits per heavy atom. The van der Waals surface area contributed by atoms with Crippen molar-refractivity contribution in [2.24, 2.45) is 11.1 Å². The molecule has 0 spiro atoms. The Hall–Kier alpha value is -3.41. The number of fused-ring (bicyclic) bond motifs is 1. The average Bonchev–Trinajstić information content (AvgIpc) is 3.02. The SMILES string of the molecule is Cc1cc2c(n1-c1ccc(C(N)=O)c(NCc3ccccn3)c1)CC(C)(C)CC2=O. The van der Waals surface area contributed by atoms with Crippen molar-refractivity contribution in [1.29, 1.82) is 0 Å². The Labute approximate surface area is 176 Å². The summed E-state index contributed by atoms with van der Waals surface area (Å²) in [4.78, 5) is 29.0. The fourth-order valence-electron chi connectivity index (χ4n) is 4.23. The number of nitrogens with one attached hydrogen (secondary N) is 1. The Morgan fingerprint density at radius 1 is 1.20 bits per heavy atom. The van der Waals surface area contributed by atoms with Gasteiger partial charge in [-0.25, -0.2) is 0 Å². The average molecular weight is 402 g/mol. The number of anilines is 1. The van der Waals surface area contributed by atoms with Gasteiger partial charge in [-0.05, 0) is 55.2 Å². The first-order chi connectivity index (χ1) is 14.2. The highest BCUT2D eigenvalue weighted by molar-refractivity contribution is 6.00. The molecule has 1 aliphatic carbocycles. The van der Waals surface area contributed by atoms with Gasteiger partial charge in [-0.15, -0.1) is 0 Å². The van der Waals surface area contributed by atoms with Crippen LogP contribution in [-0.4, -0.2) is 21.2 Å². The number of hydrogen-bond donors (Lipinski definition) is 2. The topological polar surface area (TPSA) is 90.0 Å². The molecule has 1 aromatic carbocycles. The van der Waals surface area contributed by atoms with Crippen LogP contribution in [0.25, 0.3) is 5.69 Å². The van der Waals surface area contributed by atoms with Crippen molar-refractivity contribution < 1.29 is 9.59 Å². The number of nitrogens with two attached hydrogens (primary N) is 1.